The van der Waals surface area contributed by atoms with Crippen LogP contribution in [0.15, 0.2) is 36.4 Å². The number of halogens is 1. The lowest BCUT2D eigenvalue weighted by atomic mass is 10.1. The number of anilines is 1. The summed E-state index contributed by atoms with van der Waals surface area (Å²) in [6.07, 6.45) is 0. The van der Waals surface area contributed by atoms with Crippen LogP contribution in [0.25, 0.3) is 10.8 Å². The average Bonchev–Trinajstić information content (AvgIpc) is 2.36. The molecular formula is C14H14ClNO. The number of carbonyl (C=O) groups is 1. The quantitative estimate of drug-likeness (QED) is 0.746. The number of aryl methyl sites for hydroxylation is 1. The summed E-state index contributed by atoms with van der Waals surface area (Å²) in [6.45, 7) is 2.07. The van der Waals surface area contributed by atoms with Crippen molar-refractivity contribution in [3.8, 4) is 0 Å². The van der Waals surface area contributed by atoms with Crippen molar-refractivity contribution in [3.05, 3.63) is 42.0 Å². The van der Waals surface area contributed by atoms with Gasteiger partial charge in [0, 0.05) is 12.7 Å². The van der Waals surface area contributed by atoms with E-state index >= 15 is 0 Å². The van der Waals surface area contributed by atoms with Crippen LogP contribution < -0.4 is 4.90 Å². The topological polar surface area (TPSA) is 20.3 Å². The first-order valence-electron chi connectivity index (χ1n) is 5.45. The van der Waals surface area contributed by atoms with Crippen molar-refractivity contribution < 1.29 is 4.79 Å². The summed E-state index contributed by atoms with van der Waals surface area (Å²) in [5, 5.41) is 2.31. The maximum atomic E-state index is 11.5. The third-order valence-electron chi connectivity index (χ3n) is 2.86. The molecule has 0 spiro atoms. The van der Waals surface area contributed by atoms with Gasteiger partial charge in [0.2, 0.25) is 5.91 Å². The molecule has 2 aromatic rings. The van der Waals surface area contributed by atoms with Crippen LogP contribution in [0.3, 0.4) is 0 Å². The molecule has 0 bridgehead atoms. The first-order chi connectivity index (χ1) is 8.11. The Kier molecular flexibility index (Phi) is 3.34. The zero-order valence-electron chi connectivity index (χ0n) is 9.90. The van der Waals surface area contributed by atoms with Crippen LogP contribution in [0, 0.1) is 6.92 Å². The van der Waals surface area contributed by atoms with Gasteiger partial charge in [0.1, 0.15) is 5.88 Å². The lowest BCUT2D eigenvalue weighted by Gasteiger charge is -2.16. The molecule has 0 N–H and O–H groups in total. The van der Waals surface area contributed by atoms with Gasteiger partial charge in [-0.1, -0.05) is 29.8 Å². The van der Waals surface area contributed by atoms with Crippen LogP contribution in [0.4, 0.5) is 5.69 Å². The van der Waals surface area contributed by atoms with E-state index in [1.165, 1.54) is 10.9 Å². The van der Waals surface area contributed by atoms with Crippen LogP contribution >= 0.6 is 11.6 Å². The maximum absolute atomic E-state index is 11.5. The third-order valence-corrected chi connectivity index (χ3v) is 3.08. The Balaban J connectivity index is 2.44. The van der Waals surface area contributed by atoms with Crippen molar-refractivity contribution in [2.45, 2.75) is 6.92 Å². The number of rotatable bonds is 2. The van der Waals surface area contributed by atoms with Gasteiger partial charge in [-0.25, -0.2) is 0 Å². The number of nitrogens with zero attached hydrogens (tertiary/aromatic N) is 1. The average molecular weight is 248 g/mol. The molecule has 0 aliphatic rings. The summed E-state index contributed by atoms with van der Waals surface area (Å²) in [5.74, 6) is -0.0965. The number of fused-ring (bicyclic) bond motifs is 1. The van der Waals surface area contributed by atoms with Crippen molar-refractivity contribution >= 4 is 34.0 Å². The van der Waals surface area contributed by atoms with E-state index in [0.29, 0.717) is 0 Å². The first-order valence-corrected chi connectivity index (χ1v) is 5.98. The van der Waals surface area contributed by atoms with Gasteiger partial charge in [0.15, 0.2) is 0 Å². The minimum atomic E-state index is -0.0990. The highest BCUT2D eigenvalue weighted by Gasteiger charge is 2.09. The first kappa shape index (κ1) is 11.9. The molecule has 0 fully saturated rings. The number of carbonyl (C=O) groups excluding carboxylic acids is 1. The molecule has 0 unspecified atom stereocenters. The van der Waals surface area contributed by atoms with Crippen molar-refractivity contribution in [3.63, 3.8) is 0 Å². The molecule has 3 heteroatoms. The second-order valence-electron chi connectivity index (χ2n) is 4.12. The van der Waals surface area contributed by atoms with Crippen molar-refractivity contribution in [1.82, 2.24) is 0 Å². The normalized spacial score (nSPS) is 10.5. The molecule has 0 heterocycles. The van der Waals surface area contributed by atoms with E-state index < -0.39 is 0 Å². The Morgan fingerprint density at radius 2 is 1.82 bits per heavy atom. The molecule has 0 saturated carbocycles. The van der Waals surface area contributed by atoms with Gasteiger partial charge in [-0.3, -0.25) is 4.79 Å². The van der Waals surface area contributed by atoms with E-state index in [2.05, 4.69) is 25.1 Å². The number of benzene rings is 2. The second kappa shape index (κ2) is 4.76. The minimum Gasteiger partial charge on any atom is -0.314 e. The molecule has 1 amide bonds. The molecule has 2 aromatic carbocycles. The summed E-state index contributed by atoms with van der Waals surface area (Å²) in [7, 11) is 1.74. The predicted molar refractivity (Wildman–Crippen MR) is 72.8 cm³/mol. The summed E-state index contributed by atoms with van der Waals surface area (Å²) in [4.78, 5) is 13.1. The van der Waals surface area contributed by atoms with Gasteiger partial charge in [0.05, 0.1) is 0 Å². The zero-order chi connectivity index (χ0) is 12.4. The fourth-order valence-electron chi connectivity index (χ4n) is 1.79. The molecule has 0 aliphatic heterocycles. The van der Waals surface area contributed by atoms with E-state index in [4.69, 9.17) is 11.6 Å². The summed E-state index contributed by atoms with van der Waals surface area (Å²) in [6, 6.07) is 12.2. The lowest BCUT2D eigenvalue weighted by molar-refractivity contribution is -0.116. The summed E-state index contributed by atoms with van der Waals surface area (Å²) in [5.41, 5.74) is 2.10. The fourth-order valence-corrected chi connectivity index (χ4v) is 1.97. The van der Waals surface area contributed by atoms with Gasteiger partial charge >= 0.3 is 0 Å². The van der Waals surface area contributed by atoms with E-state index in [1.54, 1.807) is 11.9 Å². The minimum absolute atomic E-state index is 0.00242. The van der Waals surface area contributed by atoms with E-state index in [9.17, 15) is 4.79 Å². The smallest absolute Gasteiger partial charge is 0.241 e. The summed E-state index contributed by atoms with van der Waals surface area (Å²) >= 11 is 5.54. The predicted octanol–water partition coefficient (Wildman–Crippen LogP) is 3.35. The van der Waals surface area contributed by atoms with E-state index in [-0.39, 0.29) is 11.8 Å². The van der Waals surface area contributed by atoms with E-state index in [1.807, 2.05) is 18.2 Å². The highest BCUT2D eigenvalue weighted by molar-refractivity contribution is 6.29. The third kappa shape index (κ3) is 2.42. The van der Waals surface area contributed by atoms with Crippen molar-refractivity contribution in [1.29, 1.82) is 0 Å². The Labute approximate surface area is 106 Å². The van der Waals surface area contributed by atoms with Crippen LogP contribution in [0.5, 0.6) is 0 Å². The van der Waals surface area contributed by atoms with Gasteiger partial charge in [-0.2, -0.15) is 0 Å². The molecule has 0 radical (unpaired) electrons. The lowest BCUT2D eigenvalue weighted by Crippen LogP contribution is -2.27. The Morgan fingerprint density at radius 1 is 1.18 bits per heavy atom. The van der Waals surface area contributed by atoms with Crippen LogP contribution in [-0.2, 0) is 4.79 Å². The molecular weight excluding hydrogens is 234 g/mol. The molecule has 0 aliphatic carbocycles. The standard InChI is InChI=1S/C14H14ClNO/c1-10-3-4-12-8-13(6-5-11(12)7-10)16(2)14(17)9-15/h3-8H,9H2,1-2H3. The Morgan fingerprint density at radius 3 is 2.53 bits per heavy atom. The SMILES string of the molecule is Cc1ccc2cc(N(C)C(=O)CCl)ccc2c1. The highest BCUT2D eigenvalue weighted by atomic mass is 35.5. The van der Waals surface area contributed by atoms with Gasteiger partial charge < -0.3 is 4.90 Å². The molecule has 2 nitrogen and oxygen atoms in total. The van der Waals surface area contributed by atoms with Crippen molar-refractivity contribution in [2.24, 2.45) is 0 Å². The second-order valence-corrected chi connectivity index (χ2v) is 4.39. The molecule has 2 rings (SSSR count). The molecule has 17 heavy (non-hydrogen) atoms. The molecule has 88 valence electrons. The van der Waals surface area contributed by atoms with Crippen molar-refractivity contribution in [2.75, 3.05) is 17.8 Å². The number of alkyl halides is 1. The van der Waals surface area contributed by atoms with E-state index in [0.717, 1.165) is 11.1 Å². The Hall–Kier alpha value is -1.54. The largest absolute Gasteiger partial charge is 0.314 e. The summed E-state index contributed by atoms with van der Waals surface area (Å²) < 4.78 is 0. The molecule has 0 atom stereocenters. The fraction of sp³-hybridized carbons (Fsp3) is 0.214. The number of hydrogen-bond acceptors (Lipinski definition) is 1. The number of amides is 1. The van der Waals surface area contributed by atoms with Gasteiger partial charge in [-0.15, -0.1) is 11.6 Å². The molecule has 0 aromatic heterocycles. The highest BCUT2D eigenvalue weighted by Crippen LogP contribution is 2.22. The molecule has 0 saturated heterocycles. The zero-order valence-corrected chi connectivity index (χ0v) is 10.7. The monoisotopic (exact) mass is 247 g/mol. The van der Waals surface area contributed by atoms with Crippen LogP contribution in [0.1, 0.15) is 5.56 Å². The Bertz CT molecular complexity index is 565. The van der Waals surface area contributed by atoms with Crippen LogP contribution in [-0.4, -0.2) is 18.8 Å². The van der Waals surface area contributed by atoms with Gasteiger partial charge in [-0.05, 0) is 29.8 Å². The number of hydrogen-bond donors (Lipinski definition) is 0. The van der Waals surface area contributed by atoms with Crippen LogP contribution in [0.2, 0.25) is 0 Å². The maximum Gasteiger partial charge on any atom is 0.241 e. The van der Waals surface area contributed by atoms with Gasteiger partial charge in [0.25, 0.3) is 0 Å².